The predicted octanol–water partition coefficient (Wildman–Crippen LogP) is 2.66. The lowest BCUT2D eigenvalue weighted by Gasteiger charge is -2.25. The Morgan fingerprint density at radius 2 is 2.00 bits per heavy atom. The second-order valence-electron chi connectivity index (χ2n) is 6.41. The number of hydrogen-bond donors (Lipinski definition) is 1. The van der Waals surface area contributed by atoms with Crippen molar-refractivity contribution in [2.24, 2.45) is 5.10 Å². The molecule has 0 unspecified atom stereocenters. The number of rotatable bonds is 4. The number of hydrazone groups is 1. The molecule has 8 heteroatoms. The number of nitrogens with zero attached hydrogens (tertiary/aromatic N) is 2. The predicted molar refractivity (Wildman–Crippen MR) is 92.8 cm³/mol. The maximum absolute atomic E-state index is 10.2. The van der Waals surface area contributed by atoms with Crippen molar-refractivity contribution in [1.29, 1.82) is 0 Å². The highest BCUT2D eigenvalue weighted by Gasteiger charge is 2.34. The summed E-state index contributed by atoms with van der Waals surface area (Å²) in [6.07, 6.45) is 0.571. The summed E-state index contributed by atoms with van der Waals surface area (Å²) in [5.74, 6) is 0. The van der Waals surface area contributed by atoms with Gasteiger partial charge in [-0.25, -0.2) is 9.59 Å². The van der Waals surface area contributed by atoms with E-state index in [9.17, 15) is 14.7 Å². The van der Waals surface area contributed by atoms with Gasteiger partial charge >= 0.3 is 5.43 Å². The average molecular weight is 371 g/mol. The van der Waals surface area contributed by atoms with E-state index in [1.165, 1.54) is 11.1 Å². The lowest BCUT2D eigenvalue weighted by atomic mass is 10.1. The van der Waals surface area contributed by atoms with Gasteiger partial charge in [-0.15, -0.1) is 0 Å². The highest BCUT2D eigenvalue weighted by molar-refractivity contribution is 6.61. The van der Waals surface area contributed by atoms with Crippen LogP contribution in [0.5, 0.6) is 0 Å². The molecule has 0 bridgehead atoms. The van der Waals surface area contributed by atoms with Gasteiger partial charge in [0.2, 0.25) is 0 Å². The molecule has 0 spiro atoms. The molecule has 1 fully saturated rings. The van der Waals surface area contributed by atoms with E-state index in [4.69, 9.17) is 16.3 Å². The third-order valence-corrected chi connectivity index (χ3v) is 3.21. The summed E-state index contributed by atoms with van der Waals surface area (Å²) in [5, 5.41) is 14.5. The van der Waals surface area contributed by atoms with E-state index in [2.05, 4.69) is 9.84 Å². The third-order valence-electron chi connectivity index (χ3n) is 3.10. The van der Waals surface area contributed by atoms with Crippen LogP contribution in [0.1, 0.15) is 26.3 Å². The Kier molecular flexibility index (Phi) is 8.58. The lowest BCUT2D eigenvalue weighted by molar-refractivity contribution is -0.0908. The zero-order valence-electron chi connectivity index (χ0n) is 14.5. The molecule has 7 nitrogen and oxygen atoms in total. The summed E-state index contributed by atoms with van der Waals surface area (Å²) in [5.41, 5.74) is -0.137. The average Bonchev–Trinajstić information content (AvgIpc) is 2.85. The van der Waals surface area contributed by atoms with Crippen molar-refractivity contribution in [3.63, 3.8) is 0 Å². The third kappa shape index (κ3) is 9.22. The van der Waals surface area contributed by atoms with Crippen molar-refractivity contribution in [1.82, 2.24) is 5.01 Å². The van der Waals surface area contributed by atoms with Gasteiger partial charge in [-0.3, -0.25) is 5.01 Å². The lowest BCUT2D eigenvalue weighted by Crippen LogP contribution is -2.35. The number of β-amino-alcohol motifs (C(OH)–C–C–N with tert-alkyl or cyclic N) is 1. The molecule has 1 aromatic carbocycles. The SMILES string of the molecule is CC(C)(C)O[C@@H]1CN(N=C=O)C[C@H]1O.O=C(Cl)OCc1ccccc1. The van der Waals surface area contributed by atoms with Crippen LogP contribution in [0.25, 0.3) is 0 Å². The molecule has 0 radical (unpaired) electrons. The zero-order valence-corrected chi connectivity index (χ0v) is 15.3. The summed E-state index contributed by atoms with van der Waals surface area (Å²) in [6.45, 7) is 6.77. The second-order valence-corrected chi connectivity index (χ2v) is 6.72. The van der Waals surface area contributed by atoms with Gasteiger partial charge in [0.15, 0.2) is 0 Å². The molecule has 0 saturated carbocycles. The fraction of sp³-hybridized carbons (Fsp3) is 0.529. The first-order valence-corrected chi connectivity index (χ1v) is 8.14. The Hall–Kier alpha value is -1.92. The van der Waals surface area contributed by atoms with Crippen LogP contribution in [0.4, 0.5) is 4.79 Å². The fourth-order valence-electron chi connectivity index (χ4n) is 2.16. The number of carbonyl (C=O) groups is 1. The normalized spacial score (nSPS) is 19.5. The first-order chi connectivity index (χ1) is 11.7. The summed E-state index contributed by atoms with van der Waals surface area (Å²) >= 11 is 4.97. The number of aliphatic hydroxyl groups excluding tert-OH is 1. The zero-order chi connectivity index (χ0) is 18.9. The first kappa shape index (κ1) is 21.1. The van der Waals surface area contributed by atoms with Gasteiger partial charge in [0.1, 0.15) is 18.8 Å². The van der Waals surface area contributed by atoms with Gasteiger partial charge in [0, 0.05) is 11.6 Å². The number of hydrogen-bond acceptors (Lipinski definition) is 7. The number of isocyanates is 1. The molecule has 0 amide bonds. The summed E-state index contributed by atoms with van der Waals surface area (Å²) in [4.78, 5) is 20.2. The van der Waals surface area contributed by atoms with E-state index in [0.29, 0.717) is 13.1 Å². The molecule has 2 atom stereocenters. The minimum Gasteiger partial charge on any atom is -0.449 e. The maximum atomic E-state index is 10.2. The quantitative estimate of drug-likeness (QED) is 0.498. The Morgan fingerprint density at radius 1 is 1.36 bits per heavy atom. The van der Waals surface area contributed by atoms with Crippen molar-refractivity contribution >= 4 is 23.1 Å². The molecule has 1 aliphatic rings. The Bertz CT molecular complexity index is 584. The monoisotopic (exact) mass is 370 g/mol. The van der Waals surface area contributed by atoms with Crippen molar-refractivity contribution in [2.75, 3.05) is 13.1 Å². The molecule has 1 N–H and O–H groups in total. The van der Waals surface area contributed by atoms with Crippen LogP contribution >= 0.6 is 11.6 Å². The van der Waals surface area contributed by atoms with Crippen LogP contribution in [0.15, 0.2) is 35.4 Å². The number of benzene rings is 1. The van der Waals surface area contributed by atoms with E-state index in [1.807, 2.05) is 51.1 Å². The molecule has 25 heavy (non-hydrogen) atoms. The van der Waals surface area contributed by atoms with Crippen LogP contribution in [0.3, 0.4) is 0 Å². The van der Waals surface area contributed by atoms with Gasteiger partial charge in [0.25, 0.3) is 6.08 Å². The van der Waals surface area contributed by atoms with Crippen molar-refractivity contribution < 1.29 is 24.2 Å². The summed E-state index contributed by atoms with van der Waals surface area (Å²) < 4.78 is 10.2. The second kappa shape index (κ2) is 10.2. The van der Waals surface area contributed by atoms with E-state index >= 15 is 0 Å². The number of aliphatic hydroxyl groups is 1. The van der Waals surface area contributed by atoms with Crippen LogP contribution in [-0.2, 0) is 20.9 Å². The molecule has 1 saturated heterocycles. The van der Waals surface area contributed by atoms with Gasteiger partial charge in [-0.1, -0.05) is 35.4 Å². The van der Waals surface area contributed by atoms with E-state index in [0.717, 1.165) is 5.56 Å². The van der Waals surface area contributed by atoms with Crippen molar-refractivity contribution in [3.05, 3.63) is 35.9 Å². The van der Waals surface area contributed by atoms with Crippen molar-refractivity contribution in [2.45, 2.75) is 45.2 Å². The Labute approximate surface area is 152 Å². The number of halogens is 1. The van der Waals surface area contributed by atoms with Gasteiger partial charge in [-0.2, -0.15) is 0 Å². The van der Waals surface area contributed by atoms with Gasteiger partial charge < -0.3 is 14.6 Å². The summed E-state index contributed by atoms with van der Waals surface area (Å²) in [7, 11) is 0. The Balaban J connectivity index is 0.000000257. The highest BCUT2D eigenvalue weighted by atomic mass is 35.5. The van der Waals surface area contributed by atoms with Crippen LogP contribution in [0, 0.1) is 0 Å². The molecule has 2 rings (SSSR count). The highest BCUT2D eigenvalue weighted by Crippen LogP contribution is 2.19. The Morgan fingerprint density at radius 3 is 2.52 bits per heavy atom. The molecule has 1 heterocycles. The first-order valence-electron chi connectivity index (χ1n) is 7.76. The maximum Gasteiger partial charge on any atom is 0.404 e. The smallest absolute Gasteiger partial charge is 0.404 e. The number of carbonyl (C=O) groups excluding carboxylic acids is 2. The molecule has 0 aliphatic carbocycles. The molecule has 1 aliphatic heterocycles. The van der Waals surface area contributed by atoms with E-state index in [1.54, 1.807) is 0 Å². The minimum atomic E-state index is -0.770. The molecule has 1 aromatic rings. The van der Waals surface area contributed by atoms with Crippen LogP contribution in [0.2, 0.25) is 0 Å². The van der Waals surface area contributed by atoms with Crippen LogP contribution < -0.4 is 0 Å². The largest absolute Gasteiger partial charge is 0.449 e. The minimum absolute atomic E-state index is 0.239. The fourth-order valence-corrected chi connectivity index (χ4v) is 2.22. The van der Waals surface area contributed by atoms with Crippen molar-refractivity contribution in [3.8, 4) is 0 Å². The molecule has 138 valence electrons. The standard InChI is InChI=1S/C9H16N2O3.C8H7ClO2/c1-9(2,3)14-8-5-11(10-6-12)4-7(8)13;9-8(10)11-6-7-4-2-1-3-5-7/h7-8,13H,4-5H2,1-3H3;1-5H,6H2/t7-,8-;/m1./s1. The van der Waals surface area contributed by atoms with Gasteiger partial charge in [-0.05, 0) is 26.3 Å². The number of ether oxygens (including phenoxy) is 2. The van der Waals surface area contributed by atoms with E-state index < -0.39 is 11.5 Å². The van der Waals surface area contributed by atoms with E-state index in [-0.39, 0.29) is 18.3 Å². The molecular weight excluding hydrogens is 348 g/mol. The summed E-state index contributed by atoms with van der Waals surface area (Å²) in [6, 6.07) is 9.36. The topological polar surface area (TPSA) is 88.4 Å². The van der Waals surface area contributed by atoms with Crippen LogP contribution in [-0.4, -0.2) is 52.5 Å². The molecular formula is C17H23ClN2O5. The van der Waals surface area contributed by atoms with Gasteiger partial charge in [0.05, 0.1) is 18.7 Å². The molecule has 0 aromatic heterocycles.